The van der Waals surface area contributed by atoms with Crippen LogP contribution in [-0.4, -0.2) is 42.2 Å². The molecule has 8 heteroatoms. The lowest BCUT2D eigenvalue weighted by Crippen LogP contribution is -2.36. The summed E-state index contributed by atoms with van der Waals surface area (Å²) in [5.41, 5.74) is 5.13. The molecule has 1 atom stereocenters. The standard InChI is InChI=1S/C27H24Cl2N4O2/c1-33-10-8-18(9-11-33)35-27(34)32-26-22(14-30)25-17(15-31-26)12-21(19-4-2-3-5-20(19)25)16-6-7-23(28)24(29)13-16/h2-7,13,15,18,21H,8-12H2,1H3,(H,31,32,34). The molecule has 2 aromatic carbocycles. The lowest BCUT2D eigenvalue weighted by atomic mass is 9.75. The fraction of sp³-hybridized carbons (Fsp3) is 0.296. The van der Waals surface area contributed by atoms with Crippen LogP contribution in [-0.2, 0) is 11.2 Å². The van der Waals surface area contributed by atoms with Gasteiger partial charge in [0.25, 0.3) is 0 Å². The summed E-state index contributed by atoms with van der Waals surface area (Å²) in [6.07, 6.45) is 3.24. The first kappa shape index (κ1) is 23.6. The Morgan fingerprint density at radius 1 is 1.17 bits per heavy atom. The maximum Gasteiger partial charge on any atom is 0.413 e. The Morgan fingerprint density at radius 2 is 1.94 bits per heavy atom. The topological polar surface area (TPSA) is 78.2 Å². The Hall–Kier alpha value is -3.11. The van der Waals surface area contributed by atoms with Gasteiger partial charge in [-0.3, -0.25) is 5.32 Å². The number of aromatic nitrogens is 1. The van der Waals surface area contributed by atoms with Gasteiger partial charge in [0.15, 0.2) is 5.82 Å². The summed E-state index contributed by atoms with van der Waals surface area (Å²) in [6.45, 7) is 1.77. The average molecular weight is 507 g/mol. The van der Waals surface area contributed by atoms with E-state index in [1.807, 2.05) is 30.3 Å². The Morgan fingerprint density at radius 3 is 2.69 bits per heavy atom. The zero-order valence-corrected chi connectivity index (χ0v) is 20.7. The molecule has 2 heterocycles. The predicted molar refractivity (Wildman–Crippen MR) is 137 cm³/mol. The SMILES string of the molecule is CN1CCC(OC(=O)Nc2ncc3c(c2C#N)-c2ccccc2C(c2ccc(Cl)c(Cl)c2)C3)CC1. The molecule has 1 aliphatic heterocycles. The molecule has 0 saturated carbocycles. The van der Waals surface area contributed by atoms with Crippen LogP contribution in [0.1, 0.15) is 41.0 Å². The number of pyridine rings is 1. The molecule has 3 aromatic rings. The van der Waals surface area contributed by atoms with Crippen LogP contribution in [0.25, 0.3) is 11.1 Å². The van der Waals surface area contributed by atoms with E-state index in [9.17, 15) is 10.1 Å². The van der Waals surface area contributed by atoms with Crippen molar-refractivity contribution in [1.82, 2.24) is 9.88 Å². The minimum Gasteiger partial charge on any atom is -0.446 e. The summed E-state index contributed by atoms with van der Waals surface area (Å²) in [5.74, 6) is 0.252. The zero-order chi connectivity index (χ0) is 24.5. The Bertz CT molecular complexity index is 1330. The van der Waals surface area contributed by atoms with Gasteiger partial charge in [0.05, 0.1) is 10.0 Å². The number of nitrogens with zero attached hydrogens (tertiary/aromatic N) is 3. The Balaban J connectivity index is 1.47. The molecule has 0 radical (unpaired) electrons. The molecule has 6 nitrogen and oxygen atoms in total. The number of hydrogen-bond acceptors (Lipinski definition) is 5. The first-order chi connectivity index (χ1) is 16.9. The van der Waals surface area contributed by atoms with Crippen molar-refractivity contribution in [2.45, 2.75) is 31.3 Å². The molecular formula is C27H24Cl2N4O2. The molecule has 1 unspecified atom stereocenters. The van der Waals surface area contributed by atoms with Crippen LogP contribution in [0.4, 0.5) is 10.6 Å². The van der Waals surface area contributed by atoms with E-state index < -0.39 is 6.09 Å². The van der Waals surface area contributed by atoms with Crippen molar-refractivity contribution in [3.63, 3.8) is 0 Å². The number of nitrogens with one attached hydrogen (secondary N) is 1. The number of benzene rings is 2. The third kappa shape index (κ3) is 4.72. The van der Waals surface area contributed by atoms with E-state index in [0.29, 0.717) is 22.0 Å². The number of hydrogen-bond donors (Lipinski definition) is 1. The monoisotopic (exact) mass is 506 g/mol. The number of carbonyl (C=O) groups is 1. The quantitative estimate of drug-likeness (QED) is 0.453. The predicted octanol–water partition coefficient (Wildman–Crippen LogP) is 6.26. The molecule has 178 valence electrons. The van der Waals surface area contributed by atoms with Gasteiger partial charge < -0.3 is 9.64 Å². The molecule has 1 amide bonds. The van der Waals surface area contributed by atoms with Gasteiger partial charge in [-0.05, 0) is 60.7 Å². The van der Waals surface area contributed by atoms with Gasteiger partial charge in [-0.2, -0.15) is 5.26 Å². The fourth-order valence-corrected chi connectivity index (χ4v) is 5.29. The van der Waals surface area contributed by atoms with E-state index in [4.69, 9.17) is 27.9 Å². The number of ether oxygens (including phenoxy) is 1. The summed E-state index contributed by atoms with van der Waals surface area (Å²) < 4.78 is 5.60. The van der Waals surface area contributed by atoms with Crippen LogP contribution < -0.4 is 5.32 Å². The smallest absolute Gasteiger partial charge is 0.413 e. The first-order valence-electron chi connectivity index (χ1n) is 11.6. The van der Waals surface area contributed by atoms with Gasteiger partial charge in [0.1, 0.15) is 17.7 Å². The van der Waals surface area contributed by atoms with Gasteiger partial charge in [-0.1, -0.05) is 53.5 Å². The highest BCUT2D eigenvalue weighted by Gasteiger charge is 2.30. The molecule has 5 rings (SSSR count). The lowest BCUT2D eigenvalue weighted by Gasteiger charge is -2.30. The number of rotatable bonds is 3. The van der Waals surface area contributed by atoms with Gasteiger partial charge in [0, 0.05) is 30.8 Å². The number of halogens is 2. The zero-order valence-electron chi connectivity index (χ0n) is 19.2. The first-order valence-corrected chi connectivity index (χ1v) is 12.3. The Kier molecular flexibility index (Phi) is 6.66. The molecule has 1 fully saturated rings. The molecule has 35 heavy (non-hydrogen) atoms. The van der Waals surface area contributed by atoms with E-state index in [2.05, 4.69) is 34.4 Å². The minimum absolute atomic E-state index is 0.0371. The number of carbonyl (C=O) groups excluding carboxylic acids is 1. The second kappa shape index (κ2) is 9.87. The molecule has 1 aromatic heterocycles. The molecule has 1 saturated heterocycles. The van der Waals surface area contributed by atoms with Crippen molar-refractivity contribution in [2.24, 2.45) is 0 Å². The molecule has 1 N–H and O–H groups in total. The number of amides is 1. The van der Waals surface area contributed by atoms with Crippen LogP contribution in [0.3, 0.4) is 0 Å². The van der Waals surface area contributed by atoms with Crippen LogP contribution >= 0.6 is 23.2 Å². The van der Waals surface area contributed by atoms with Crippen LogP contribution in [0.2, 0.25) is 10.0 Å². The molecule has 1 aliphatic carbocycles. The molecular weight excluding hydrogens is 483 g/mol. The van der Waals surface area contributed by atoms with Crippen LogP contribution in [0, 0.1) is 11.3 Å². The summed E-state index contributed by atoms with van der Waals surface area (Å²) >= 11 is 12.5. The highest BCUT2D eigenvalue weighted by atomic mass is 35.5. The van der Waals surface area contributed by atoms with Gasteiger partial charge in [0.2, 0.25) is 0 Å². The van der Waals surface area contributed by atoms with Gasteiger partial charge >= 0.3 is 6.09 Å². The van der Waals surface area contributed by atoms with Crippen molar-refractivity contribution >= 4 is 35.1 Å². The van der Waals surface area contributed by atoms with E-state index >= 15 is 0 Å². The third-order valence-electron chi connectivity index (χ3n) is 6.80. The average Bonchev–Trinajstić information content (AvgIpc) is 2.86. The second-order valence-electron chi connectivity index (χ2n) is 9.04. The number of likely N-dealkylation sites (tertiary alicyclic amines) is 1. The molecule has 2 aliphatic rings. The summed E-state index contributed by atoms with van der Waals surface area (Å²) in [5, 5.41) is 13.8. The van der Waals surface area contributed by atoms with Crippen LogP contribution in [0.15, 0.2) is 48.7 Å². The fourth-order valence-electron chi connectivity index (χ4n) is 4.98. The maximum absolute atomic E-state index is 12.6. The summed E-state index contributed by atoms with van der Waals surface area (Å²) in [7, 11) is 2.05. The van der Waals surface area contributed by atoms with Gasteiger partial charge in [-0.25, -0.2) is 9.78 Å². The number of nitriles is 1. The van der Waals surface area contributed by atoms with Crippen molar-refractivity contribution < 1.29 is 9.53 Å². The summed E-state index contributed by atoms with van der Waals surface area (Å²) in [4.78, 5) is 19.3. The van der Waals surface area contributed by atoms with Gasteiger partial charge in [-0.15, -0.1) is 0 Å². The highest BCUT2D eigenvalue weighted by Crippen LogP contribution is 2.45. The summed E-state index contributed by atoms with van der Waals surface area (Å²) in [6, 6.07) is 15.9. The normalized spacial score (nSPS) is 17.7. The largest absolute Gasteiger partial charge is 0.446 e. The van der Waals surface area contributed by atoms with E-state index in [1.54, 1.807) is 12.3 Å². The highest BCUT2D eigenvalue weighted by molar-refractivity contribution is 6.42. The number of anilines is 1. The molecule has 0 bridgehead atoms. The van der Waals surface area contributed by atoms with E-state index in [1.165, 1.54) is 0 Å². The van der Waals surface area contributed by atoms with Crippen molar-refractivity contribution in [3.8, 4) is 17.2 Å². The van der Waals surface area contributed by atoms with E-state index in [-0.39, 0.29) is 17.8 Å². The van der Waals surface area contributed by atoms with Crippen molar-refractivity contribution in [1.29, 1.82) is 5.26 Å². The minimum atomic E-state index is -0.582. The second-order valence-corrected chi connectivity index (χ2v) is 9.86. The van der Waals surface area contributed by atoms with Crippen molar-refractivity contribution in [2.75, 3.05) is 25.5 Å². The third-order valence-corrected chi connectivity index (χ3v) is 7.54. The number of piperidine rings is 1. The molecule has 0 spiro atoms. The Labute approximate surface area is 214 Å². The van der Waals surface area contributed by atoms with Crippen molar-refractivity contribution in [3.05, 3.63) is 81.0 Å². The maximum atomic E-state index is 12.6. The van der Waals surface area contributed by atoms with E-state index in [0.717, 1.165) is 53.7 Å². The number of fused-ring (bicyclic) bond motifs is 3. The van der Waals surface area contributed by atoms with Crippen LogP contribution in [0.5, 0.6) is 0 Å². The lowest BCUT2D eigenvalue weighted by molar-refractivity contribution is 0.0661.